The molecule has 96 valence electrons. The van der Waals surface area contributed by atoms with Crippen molar-refractivity contribution < 1.29 is 5.11 Å². The highest BCUT2D eigenvalue weighted by molar-refractivity contribution is 6.30. The second-order valence-electron chi connectivity index (χ2n) is 4.80. The average Bonchev–Trinajstić information content (AvgIpc) is 2.38. The fourth-order valence-electron chi connectivity index (χ4n) is 2.63. The zero-order valence-corrected chi connectivity index (χ0v) is 11.2. The molecule has 4 heteroatoms. The summed E-state index contributed by atoms with van der Waals surface area (Å²) in [6.07, 6.45) is 3.69. The molecular weight excluding hydrogens is 248 g/mol. The van der Waals surface area contributed by atoms with Gasteiger partial charge in [-0.25, -0.2) is 0 Å². The van der Waals surface area contributed by atoms with Crippen LogP contribution in [0.15, 0.2) is 18.2 Å². The van der Waals surface area contributed by atoms with E-state index in [1.165, 1.54) is 0 Å². The Balaban J connectivity index is 2.28. The monoisotopic (exact) mass is 264 g/mol. The predicted octanol–water partition coefficient (Wildman–Crippen LogP) is 2.95. The summed E-state index contributed by atoms with van der Waals surface area (Å²) in [5.41, 5.74) is 1.40. The number of hydrogen-bond acceptors (Lipinski definition) is 3. The van der Waals surface area contributed by atoms with Crippen LogP contribution in [0.2, 0.25) is 5.02 Å². The van der Waals surface area contributed by atoms with E-state index in [0.29, 0.717) is 10.6 Å². The molecule has 0 saturated heterocycles. The zero-order valence-electron chi connectivity index (χ0n) is 10.4. The third-order valence-electron chi connectivity index (χ3n) is 3.65. The Kier molecular flexibility index (Phi) is 4.11. The molecule has 0 aliphatic heterocycles. The maximum Gasteiger partial charge on any atom is 0.101 e. The molecule has 1 aromatic rings. The Morgan fingerprint density at radius 3 is 2.78 bits per heavy atom. The minimum absolute atomic E-state index is 0.0898. The molecule has 1 fully saturated rings. The number of benzene rings is 1. The molecular formula is C14H17ClN2O. The van der Waals surface area contributed by atoms with Crippen LogP contribution in [0.5, 0.6) is 0 Å². The third kappa shape index (κ3) is 2.60. The van der Waals surface area contributed by atoms with E-state index in [2.05, 4.69) is 6.07 Å². The van der Waals surface area contributed by atoms with E-state index < -0.39 is 0 Å². The predicted molar refractivity (Wildman–Crippen MR) is 72.8 cm³/mol. The molecule has 1 aliphatic rings. The topological polar surface area (TPSA) is 47.3 Å². The SMILES string of the molecule is CN(c1ccc(Cl)cc1C#N)C1CCCCC1O. The molecule has 0 spiro atoms. The molecule has 3 nitrogen and oxygen atoms in total. The highest BCUT2D eigenvalue weighted by atomic mass is 35.5. The lowest BCUT2D eigenvalue weighted by molar-refractivity contribution is 0.106. The maximum atomic E-state index is 10.1. The van der Waals surface area contributed by atoms with Gasteiger partial charge in [-0.1, -0.05) is 24.4 Å². The lowest BCUT2D eigenvalue weighted by Crippen LogP contribution is -2.43. The summed E-state index contributed by atoms with van der Waals surface area (Å²) >= 11 is 5.90. The molecule has 2 atom stereocenters. The molecule has 0 amide bonds. The van der Waals surface area contributed by atoms with Gasteiger partial charge in [-0.05, 0) is 31.0 Å². The molecule has 2 unspecified atom stereocenters. The number of likely N-dealkylation sites (N-methyl/N-ethyl adjacent to an activating group) is 1. The van der Waals surface area contributed by atoms with Crippen LogP contribution in [0, 0.1) is 11.3 Å². The van der Waals surface area contributed by atoms with Gasteiger partial charge in [0.1, 0.15) is 6.07 Å². The Bertz CT molecular complexity index is 469. The van der Waals surface area contributed by atoms with Gasteiger partial charge in [-0.15, -0.1) is 0 Å². The van der Waals surface area contributed by atoms with Crippen LogP contribution in [0.1, 0.15) is 31.2 Å². The molecule has 0 heterocycles. The highest BCUT2D eigenvalue weighted by Gasteiger charge is 2.27. The molecule has 1 N–H and O–H groups in total. The molecule has 18 heavy (non-hydrogen) atoms. The molecule has 0 radical (unpaired) electrons. The number of nitriles is 1. The van der Waals surface area contributed by atoms with Crippen LogP contribution in [0.4, 0.5) is 5.69 Å². The number of halogens is 1. The van der Waals surface area contributed by atoms with Gasteiger partial charge in [-0.2, -0.15) is 5.26 Å². The van der Waals surface area contributed by atoms with Crippen molar-refractivity contribution in [2.45, 2.75) is 37.8 Å². The van der Waals surface area contributed by atoms with Crippen molar-refractivity contribution in [1.29, 1.82) is 5.26 Å². The largest absolute Gasteiger partial charge is 0.391 e. The van der Waals surface area contributed by atoms with Gasteiger partial charge in [0.05, 0.1) is 23.4 Å². The van der Waals surface area contributed by atoms with E-state index in [-0.39, 0.29) is 12.1 Å². The van der Waals surface area contributed by atoms with Crippen molar-refractivity contribution in [3.63, 3.8) is 0 Å². The maximum absolute atomic E-state index is 10.1. The summed E-state index contributed by atoms with van der Waals surface area (Å²) in [5, 5.41) is 19.8. The average molecular weight is 265 g/mol. The molecule has 1 aromatic carbocycles. The second-order valence-corrected chi connectivity index (χ2v) is 5.24. The first-order valence-corrected chi connectivity index (χ1v) is 6.62. The fraction of sp³-hybridized carbons (Fsp3) is 0.500. The van der Waals surface area contributed by atoms with Crippen molar-refractivity contribution in [3.8, 4) is 6.07 Å². The first-order valence-electron chi connectivity index (χ1n) is 6.24. The van der Waals surface area contributed by atoms with Crippen LogP contribution in [0.3, 0.4) is 0 Å². The van der Waals surface area contributed by atoms with Gasteiger partial charge in [0.2, 0.25) is 0 Å². The summed E-state index contributed by atoms with van der Waals surface area (Å²) in [6, 6.07) is 7.55. The number of rotatable bonds is 2. The van der Waals surface area contributed by atoms with Gasteiger partial charge in [0.25, 0.3) is 0 Å². The van der Waals surface area contributed by atoms with Gasteiger partial charge in [-0.3, -0.25) is 0 Å². The van der Waals surface area contributed by atoms with Crippen molar-refractivity contribution in [1.82, 2.24) is 0 Å². The van der Waals surface area contributed by atoms with Crippen LogP contribution in [-0.4, -0.2) is 24.3 Å². The molecule has 0 bridgehead atoms. The van der Waals surface area contributed by atoms with E-state index >= 15 is 0 Å². The van der Waals surface area contributed by atoms with Gasteiger partial charge in [0, 0.05) is 12.1 Å². The standard InChI is InChI=1S/C14H17ClN2O/c1-17(13-4-2-3-5-14(13)18)12-7-6-11(15)8-10(12)9-16/h6-8,13-14,18H,2-5H2,1H3. The first kappa shape index (κ1) is 13.2. The van der Waals surface area contributed by atoms with Crippen molar-refractivity contribution in [2.75, 3.05) is 11.9 Å². The summed E-state index contributed by atoms with van der Waals surface area (Å²) in [6.45, 7) is 0. The van der Waals surface area contributed by atoms with Crippen LogP contribution < -0.4 is 4.90 Å². The van der Waals surface area contributed by atoms with Crippen molar-refractivity contribution in [3.05, 3.63) is 28.8 Å². The molecule has 2 rings (SSSR count). The summed E-state index contributed by atoms with van der Waals surface area (Å²) < 4.78 is 0. The lowest BCUT2D eigenvalue weighted by Gasteiger charge is -2.37. The highest BCUT2D eigenvalue weighted by Crippen LogP contribution is 2.29. The number of nitrogens with zero attached hydrogens (tertiary/aromatic N) is 2. The first-order chi connectivity index (χ1) is 8.63. The van der Waals surface area contributed by atoms with E-state index in [1.807, 2.05) is 18.0 Å². The number of anilines is 1. The Morgan fingerprint density at radius 2 is 2.11 bits per heavy atom. The Morgan fingerprint density at radius 1 is 1.39 bits per heavy atom. The smallest absolute Gasteiger partial charge is 0.101 e. The fourth-order valence-corrected chi connectivity index (χ4v) is 2.80. The normalized spacial score (nSPS) is 23.4. The van der Waals surface area contributed by atoms with E-state index in [4.69, 9.17) is 16.9 Å². The minimum atomic E-state index is -0.314. The van der Waals surface area contributed by atoms with Crippen LogP contribution in [0.25, 0.3) is 0 Å². The van der Waals surface area contributed by atoms with E-state index in [9.17, 15) is 5.11 Å². The second kappa shape index (κ2) is 5.60. The number of hydrogen-bond donors (Lipinski definition) is 1. The molecule has 0 aromatic heterocycles. The lowest BCUT2D eigenvalue weighted by atomic mass is 9.91. The quantitative estimate of drug-likeness (QED) is 0.893. The molecule has 1 aliphatic carbocycles. The minimum Gasteiger partial charge on any atom is -0.391 e. The Labute approximate surface area is 113 Å². The van der Waals surface area contributed by atoms with Crippen LogP contribution >= 0.6 is 11.6 Å². The summed E-state index contributed by atoms with van der Waals surface area (Å²) in [4.78, 5) is 2.01. The summed E-state index contributed by atoms with van der Waals surface area (Å²) in [7, 11) is 1.93. The van der Waals surface area contributed by atoms with Gasteiger partial charge < -0.3 is 10.0 Å². The van der Waals surface area contributed by atoms with Crippen molar-refractivity contribution in [2.24, 2.45) is 0 Å². The van der Waals surface area contributed by atoms with Crippen LogP contribution in [-0.2, 0) is 0 Å². The van der Waals surface area contributed by atoms with E-state index in [0.717, 1.165) is 31.4 Å². The number of aliphatic hydroxyl groups excluding tert-OH is 1. The van der Waals surface area contributed by atoms with E-state index in [1.54, 1.807) is 12.1 Å². The Hall–Kier alpha value is -1.24. The molecule has 1 saturated carbocycles. The zero-order chi connectivity index (χ0) is 13.1. The van der Waals surface area contributed by atoms with Gasteiger partial charge >= 0.3 is 0 Å². The van der Waals surface area contributed by atoms with Gasteiger partial charge in [0.15, 0.2) is 0 Å². The summed E-state index contributed by atoms with van der Waals surface area (Å²) in [5.74, 6) is 0. The third-order valence-corrected chi connectivity index (χ3v) is 3.89. The van der Waals surface area contributed by atoms with Crippen molar-refractivity contribution >= 4 is 17.3 Å². The number of aliphatic hydroxyl groups is 1.